The fourth-order valence-electron chi connectivity index (χ4n) is 2.98. The maximum absolute atomic E-state index is 13.2. The number of anilines is 1. The topological polar surface area (TPSA) is 75.7 Å². The van der Waals surface area contributed by atoms with E-state index in [1.807, 2.05) is 6.92 Å². The Kier molecular flexibility index (Phi) is 6.74. The Morgan fingerprint density at radius 1 is 1.18 bits per heavy atom. The van der Waals surface area contributed by atoms with Crippen LogP contribution in [0.3, 0.4) is 0 Å². The number of nitrogens with zero attached hydrogens (tertiary/aromatic N) is 1. The van der Waals surface area contributed by atoms with Gasteiger partial charge < -0.3 is 10.1 Å². The molecule has 2 aromatic carbocycles. The largest absolute Gasteiger partial charge is 0.376 e. The predicted molar refractivity (Wildman–Crippen MR) is 112 cm³/mol. The molecule has 8 heteroatoms. The monoisotopic (exact) mass is 466 g/mol. The van der Waals surface area contributed by atoms with E-state index < -0.39 is 10.0 Å². The molecule has 2 aromatic rings. The zero-order valence-electron chi connectivity index (χ0n) is 15.6. The van der Waals surface area contributed by atoms with Gasteiger partial charge in [-0.1, -0.05) is 33.6 Å². The molecule has 150 valence electrons. The number of halogens is 1. The van der Waals surface area contributed by atoms with Gasteiger partial charge in [-0.15, -0.1) is 0 Å². The van der Waals surface area contributed by atoms with Crippen molar-refractivity contribution in [2.24, 2.45) is 0 Å². The lowest BCUT2D eigenvalue weighted by molar-refractivity contribution is -0.120. The highest BCUT2D eigenvalue weighted by Gasteiger charge is 2.27. The summed E-state index contributed by atoms with van der Waals surface area (Å²) in [6.07, 6.45) is 1.88. The van der Waals surface area contributed by atoms with Gasteiger partial charge in [0.05, 0.1) is 16.7 Å². The van der Waals surface area contributed by atoms with Crippen LogP contribution in [0.4, 0.5) is 5.69 Å². The number of hydrogen-bond donors (Lipinski definition) is 1. The molecule has 1 unspecified atom stereocenters. The normalized spacial score (nSPS) is 16.7. The SMILES string of the molecule is Cc1ccc(S(=O)(=O)N(CC(=O)NCC2CCCO2)c2ccc(Br)cc2)cc1. The molecule has 0 bridgehead atoms. The second-order valence-corrected chi connectivity index (χ2v) is 9.52. The number of amides is 1. The molecule has 0 aliphatic carbocycles. The minimum Gasteiger partial charge on any atom is -0.376 e. The summed E-state index contributed by atoms with van der Waals surface area (Å²) in [5, 5.41) is 2.79. The van der Waals surface area contributed by atoms with Crippen molar-refractivity contribution in [3.8, 4) is 0 Å². The maximum Gasteiger partial charge on any atom is 0.264 e. The molecule has 1 saturated heterocycles. The Morgan fingerprint density at radius 2 is 1.86 bits per heavy atom. The molecule has 0 spiro atoms. The highest BCUT2D eigenvalue weighted by atomic mass is 79.9. The van der Waals surface area contributed by atoms with Gasteiger partial charge in [-0.25, -0.2) is 8.42 Å². The summed E-state index contributed by atoms with van der Waals surface area (Å²) in [7, 11) is -3.89. The summed E-state index contributed by atoms with van der Waals surface area (Å²) in [6.45, 7) is 2.68. The number of ether oxygens (including phenoxy) is 1. The van der Waals surface area contributed by atoms with Crippen molar-refractivity contribution >= 4 is 37.5 Å². The van der Waals surface area contributed by atoms with E-state index in [1.54, 1.807) is 48.5 Å². The smallest absolute Gasteiger partial charge is 0.264 e. The predicted octanol–water partition coefficient (Wildman–Crippen LogP) is 3.25. The van der Waals surface area contributed by atoms with Crippen LogP contribution in [0.1, 0.15) is 18.4 Å². The van der Waals surface area contributed by atoms with E-state index in [-0.39, 0.29) is 23.5 Å². The Morgan fingerprint density at radius 3 is 2.46 bits per heavy atom. The number of benzene rings is 2. The number of rotatable bonds is 7. The van der Waals surface area contributed by atoms with Crippen molar-refractivity contribution in [2.75, 3.05) is 24.0 Å². The van der Waals surface area contributed by atoms with Crippen molar-refractivity contribution < 1.29 is 17.9 Å². The molecule has 1 aliphatic heterocycles. The standard InChI is InChI=1S/C20H23BrN2O4S/c1-15-4-10-19(11-5-15)28(25,26)23(17-8-6-16(21)7-9-17)14-20(24)22-13-18-3-2-12-27-18/h4-11,18H,2-3,12-14H2,1H3,(H,22,24). The molecule has 1 aliphatic rings. The number of aryl methyl sites for hydroxylation is 1. The molecule has 1 fully saturated rings. The minimum atomic E-state index is -3.89. The summed E-state index contributed by atoms with van der Waals surface area (Å²) < 4.78 is 33.9. The van der Waals surface area contributed by atoms with Crippen LogP contribution in [0, 0.1) is 6.92 Å². The van der Waals surface area contributed by atoms with Crippen LogP contribution in [-0.4, -0.2) is 40.1 Å². The van der Waals surface area contributed by atoms with E-state index >= 15 is 0 Å². The molecule has 6 nitrogen and oxygen atoms in total. The highest BCUT2D eigenvalue weighted by molar-refractivity contribution is 9.10. The van der Waals surface area contributed by atoms with Crippen molar-refractivity contribution in [2.45, 2.75) is 30.8 Å². The van der Waals surface area contributed by atoms with Crippen LogP contribution in [0.2, 0.25) is 0 Å². The number of sulfonamides is 1. The Labute approximate surface area is 174 Å². The lowest BCUT2D eigenvalue weighted by Gasteiger charge is -2.24. The fourth-order valence-corrected chi connectivity index (χ4v) is 4.66. The van der Waals surface area contributed by atoms with Crippen LogP contribution in [0.25, 0.3) is 0 Å². The molecule has 1 amide bonds. The second-order valence-electron chi connectivity index (χ2n) is 6.74. The quantitative estimate of drug-likeness (QED) is 0.679. The van der Waals surface area contributed by atoms with Gasteiger partial charge in [0, 0.05) is 17.6 Å². The molecular formula is C20H23BrN2O4S. The third-order valence-electron chi connectivity index (χ3n) is 4.56. The summed E-state index contributed by atoms with van der Waals surface area (Å²) >= 11 is 3.35. The summed E-state index contributed by atoms with van der Waals surface area (Å²) in [5.41, 5.74) is 1.39. The van der Waals surface area contributed by atoms with Gasteiger partial charge in [-0.2, -0.15) is 0 Å². The first-order valence-electron chi connectivity index (χ1n) is 9.09. The summed E-state index contributed by atoms with van der Waals surface area (Å²) in [6, 6.07) is 13.4. The number of carbonyl (C=O) groups is 1. The maximum atomic E-state index is 13.2. The van der Waals surface area contributed by atoms with Crippen LogP contribution < -0.4 is 9.62 Å². The van der Waals surface area contributed by atoms with E-state index in [2.05, 4.69) is 21.2 Å². The van der Waals surface area contributed by atoms with Gasteiger partial charge in [0.1, 0.15) is 6.54 Å². The molecule has 0 radical (unpaired) electrons. The first kappa shape index (κ1) is 20.8. The zero-order valence-corrected chi connectivity index (χ0v) is 18.0. The van der Waals surface area contributed by atoms with Gasteiger partial charge in [0.15, 0.2) is 0 Å². The number of carbonyl (C=O) groups excluding carboxylic acids is 1. The number of hydrogen-bond acceptors (Lipinski definition) is 4. The lowest BCUT2D eigenvalue weighted by atomic mass is 10.2. The van der Waals surface area contributed by atoms with E-state index in [0.717, 1.165) is 27.2 Å². The van der Waals surface area contributed by atoms with Gasteiger partial charge in [0.2, 0.25) is 5.91 Å². The molecule has 3 rings (SSSR count). The van der Waals surface area contributed by atoms with Gasteiger partial charge in [-0.3, -0.25) is 9.10 Å². The fraction of sp³-hybridized carbons (Fsp3) is 0.350. The van der Waals surface area contributed by atoms with Crippen molar-refractivity contribution in [1.82, 2.24) is 5.32 Å². The molecule has 0 saturated carbocycles. The molecule has 28 heavy (non-hydrogen) atoms. The molecular weight excluding hydrogens is 444 g/mol. The van der Waals surface area contributed by atoms with Gasteiger partial charge >= 0.3 is 0 Å². The zero-order chi connectivity index (χ0) is 20.1. The van der Waals surface area contributed by atoms with Crippen LogP contribution in [0.5, 0.6) is 0 Å². The summed E-state index contributed by atoms with van der Waals surface area (Å²) in [5.74, 6) is -0.367. The van der Waals surface area contributed by atoms with E-state index in [9.17, 15) is 13.2 Å². The van der Waals surface area contributed by atoms with Crippen molar-refractivity contribution in [1.29, 1.82) is 0 Å². The first-order valence-corrected chi connectivity index (χ1v) is 11.3. The van der Waals surface area contributed by atoms with E-state index in [4.69, 9.17) is 4.74 Å². The minimum absolute atomic E-state index is 0.00112. The Balaban J connectivity index is 1.83. The summed E-state index contributed by atoms with van der Waals surface area (Å²) in [4.78, 5) is 12.6. The Hall–Kier alpha value is -1.90. The van der Waals surface area contributed by atoms with Crippen LogP contribution in [0.15, 0.2) is 57.9 Å². The molecule has 1 N–H and O–H groups in total. The third kappa shape index (κ3) is 5.12. The molecule has 1 atom stereocenters. The third-order valence-corrected chi connectivity index (χ3v) is 6.88. The van der Waals surface area contributed by atoms with E-state index in [1.165, 1.54) is 0 Å². The lowest BCUT2D eigenvalue weighted by Crippen LogP contribution is -2.42. The van der Waals surface area contributed by atoms with Crippen LogP contribution >= 0.6 is 15.9 Å². The van der Waals surface area contributed by atoms with Gasteiger partial charge in [-0.05, 0) is 56.2 Å². The average molecular weight is 467 g/mol. The van der Waals surface area contributed by atoms with Crippen LogP contribution in [-0.2, 0) is 19.6 Å². The Bertz CT molecular complexity index is 908. The average Bonchev–Trinajstić information content (AvgIpc) is 3.19. The first-order chi connectivity index (χ1) is 13.4. The van der Waals surface area contributed by atoms with E-state index in [0.29, 0.717) is 18.8 Å². The molecule has 1 heterocycles. The molecule has 0 aromatic heterocycles. The van der Waals surface area contributed by atoms with Crippen molar-refractivity contribution in [3.05, 3.63) is 58.6 Å². The number of nitrogens with one attached hydrogen (secondary N) is 1. The highest BCUT2D eigenvalue weighted by Crippen LogP contribution is 2.25. The second kappa shape index (κ2) is 9.07. The van der Waals surface area contributed by atoms with Gasteiger partial charge in [0.25, 0.3) is 10.0 Å². The van der Waals surface area contributed by atoms with Crippen molar-refractivity contribution in [3.63, 3.8) is 0 Å².